The summed E-state index contributed by atoms with van der Waals surface area (Å²) in [5.74, 6) is 6.84. The van der Waals surface area contributed by atoms with Gasteiger partial charge < -0.3 is 4.74 Å². The summed E-state index contributed by atoms with van der Waals surface area (Å²) in [6.45, 7) is 12.8. The van der Waals surface area contributed by atoms with Gasteiger partial charge in [-0.05, 0) is 104 Å². The third kappa shape index (κ3) is 3.04. The van der Waals surface area contributed by atoms with Gasteiger partial charge in [0, 0.05) is 0 Å². The zero-order valence-corrected chi connectivity index (χ0v) is 19.4. The van der Waals surface area contributed by atoms with Crippen LogP contribution in [0.15, 0.2) is 0 Å². The fraction of sp³-hybridized carbons (Fsp3) is 1.00. The standard InChI is InChI=1S/C27H46O/c1-17(2)7-6-8-18(3)21-11-12-22-20-10-9-19-15-24-25(28-24)16-27(19,5)23(20)13-14-26(21,22)4/h17-25H,6-16H2,1-5H3/t18-,19?,20+,21-,22+,23+,24+,25-,26-,27+/m1/s1. The van der Waals surface area contributed by atoms with E-state index in [4.69, 9.17) is 4.74 Å². The molecule has 0 bridgehead atoms. The second-order valence-electron chi connectivity index (χ2n) is 12.8. The Balaban J connectivity index is 1.30. The van der Waals surface area contributed by atoms with Crippen molar-refractivity contribution in [2.24, 2.45) is 52.3 Å². The maximum atomic E-state index is 6.02. The number of hydrogen-bond acceptors (Lipinski definition) is 1. The summed E-state index contributed by atoms with van der Waals surface area (Å²) >= 11 is 0. The van der Waals surface area contributed by atoms with Crippen molar-refractivity contribution in [2.75, 3.05) is 0 Å². The van der Waals surface area contributed by atoms with Crippen molar-refractivity contribution < 1.29 is 4.74 Å². The molecule has 28 heavy (non-hydrogen) atoms. The lowest BCUT2D eigenvalue weighted by atomic mass is 9.44. The van der Waals surface area contributed by atoms with Crippen LogP contribution in [0.4, 0.5) is 0 Å². The van der Waals surface area contributed by atoms with E-state index in [-0.39, 0.29) is 0 Å². The smallest absolute Gasteiger partial charge is 0.0847 e. The Kier molecular flexibility index (Phi) is 4.97. The average molecular weight is 387 g/mol. The molecule has 1 saturated heterocycles. The number of hydrogen-bond donors (Lipinski definition) is 0. The Morgan fingerprint density at radius 1 is 0.857 bits per heavy atom. The van der Waals surface area contributed by atoms with Crippen molar-refractivity contribution in [3.63, 3.8) is 0 Å². The lowest BCUT2D eigenvalue weighted by Gasteiger charge is -2.60. The Bertz CT molecular complexity index is 583. The Labute approximate surface area is 174 Å². The number of rotatable bonds is 5. The average Bonchev–Trinajstić information content (AvgIpc) is 3.27. The zero-order valence-electron chi connectivity index (χ0n) is 19.4. The summed E-state index contributed by atoms with van der Waals surface area (Å²) in [6.07, 6.45) is 17.6. The monoisotopic (exact) mass is 386 g/mol. The summed E-state index contributed by atoms with van der Waals surface area (Å²) in [6, 6.07) is 0. The van der Waals surface area contributed by atoms with Gasteiger partial charge in [-0.1, -0.05) is 53.9 Å². The minimum absolute atomic E-state index is 0.600. The molecular weight excluding hydrogens is 340 g/mol. The van der Waals surface area contributed by atoms with Gasteiger partial charge in [0.15, 0.2) is 0 Å². The molecule has 0 aromatic carbocycles. The van der Waals surface area contributed by atoms with Gasteiger partial charge >= 0.3 is 0 Å². The van der Waals surface area contributed by atoms with Gasteiger partial charge in [0.2, 0.25) is 0 Å². The highest BCUT2D eigenvalue weighted by Gasteiger charge is 2.63. The maximum Gasteiger partial charge on any atom is 0.0847 e. The van der Waals surface area contributed by atoms with E-state index in [0.717, 1.165) is 41.4 Å². The molecule has 1 heteroatoms. The molecule has 0 aromatic rings. The van der Waals surface area contributed by atoms with Crippen molar-refractivity contribution >= 4 is 0 Å². The highest BCUT2D eigenvalue weighted by Crippen LogP contribution is 2.69. The molecule has 1 heterocycles. The van der Waals surface area contributed by atoms with Gasteiger partial charge in [-0.15, -0.1) is 0 Å². The van der Waals surface area contributed by atoms with E-state index in [1.807, 2.05) is 0 Å². The molecule has 4 saturated carbocycles. The molecular formula is C27H46O. The van der Waals surface area contributed by atoms with Crippen LogP contribution in [-0.4, -0.2) is 12.2 Å². The van der Waals surface area contributed by atoms with Gasteiger partial charge in [0.05, 0.1) is 12.2 Å². The Morgan fingerprint density at radius 2 is 1.64 bits per heavy atom. The van der Waals surface area contributed by atoms with Crippen molar-refractivity contribution in [1.82, 2.24) is 0 Å². The normalized spacial score (nSPS) is 53.1. The van der Waals surface area contributed by atoms with Crippen LogP contribution in [0, 0.1) is 52.3 Å². The molecule has 4 aliphatic carbocycles. The predicted molar refractivity (Wildman–Crippen MR) is 117 cm³/mol. The minimum atomic E-state index is 0.600. The van der Waals surface area contributed by atoms with Gasteiger partial charge in [-0.3, -0.25) is 0 Å². The van der Waals surface area contributed by atoms with E-state index in [0.29, 0.717) is 23.0 Å². The summed E-state index contributed by atoms with van der Waals surface area (Å²) in [5.41, 5.74) is 1.25. The lowest BCUT2D eigenvalue weighted by molar-refractivity contribution is -0.110. The van der Waals surface area contributed by atoms with Crippen LogP contribution in [0.5, 0.6) is 0 Å². The first-order valence-corrected chi connectivity index (χ1v) is 13.0. The molecule has 5 aliphatic rings. The van der Waals surface area contributed by atoms with Gasteiger partial charge in [-0.25, -0.2) is 0 Å². The Morgan fingerprint density at radius 3 is 2.43 bits per heavy atom. The van der Waals surface area contributed by atoms with Crippen molar-refractivity contribution in [1.29, 1.82) is 0 Å². The van der Waals surface area contributed by atoms with E-state index in [1.165, 1.54) is 64.2 Å². The predicted octanol–water partition coefficient (Wildman–Crippen LogP) is 7.49. The number of epoxide rings is 1. The van der Waals surface area contributed by atoms with E-state index in [1.54, 1.807) is 6.42 Å². The second-order valence-corrected chi connectivity index (χ2v) is 12.8. The lowest BCUT2D eigenvalue weighted by Crippen LogP contribution is -2.54. The molecule has 0 amide bonds. The molecule has 5 rings (SSSR count). The summed E-state index contributed by atoms with van der Waals surface area (Å²) in [4.78, 5) is 0. The topological polar surface area (TPSA) is 12.5 Å². The summed E-state index contributed by atoms with van der Waals surface area (Å²) < 4.78 is 6.02. The molecule has 160 valence electrons. The first-order valence-electron chi connectivity index (χ1n) is 13.0. The second kappa shape index (κ2) is 7.00. The fourth-order valence-corrected chi connectivity index (χ4v) is 9.54. The first kappa shape index (κ1) is 19.9. The van der Waals surface area contributed by atoms with Crippen LogP contribution in [-0.2, 0) is 4.74 Å². The highest BCUT2D eigenvalue weighted by molar-refractivity contribution is 5.12. The molecule has 0 aromatic heterocycles. The van der Waals surface area contributed by atoms with E-state index in [9.17, 15) is 0 Å². The molecule has 0 N–H and O–H groups in total. The molecule has 10 atom stereocenters. The zero-order chi connectivity index (χ0) is 19.7. The molecule has 1 unspecified atom stereocenters. The van der Waals surface area contributed by atoms with Gasteiger partial charge in [0.25, 0.3) is 0 Å². The molecule has 1 aliphatic heterocycles. The van der Waals surface area contributed by atoms with Gasteiger partial charge in [0.1, 0.15) is 0 Å². The summed E-state index contributed by atoms with van der Waals surface area (Å²) in [5, 5.41) is 0. The molecule has 0 radical (unpaired) electrons. The van der Waals surface area contributed by atoms with E-state index < -0.39 is 0 Å². The minimum Gasteiger partial charge on any atom is -0.370 e. The Hall–Kier alpha value is -0.0400. The fourth-order valence-electron chi connectivity index (χ4n) is 9.54. The quantitative estimate of drug-likeness (QED) is 0.446. The van der Waals surface area contributed by atoms with E-state index in [2.05, 4.69) is 34.6 Å². The third-order valence-electron chi connectivity index (χ3n) is 11.1. The molecule has 5 fully saturated rings. The van der Waals surface area contributed by atoms with Crippen LogP contribution in [0.1, 0.15) is 105 Å². The van der Waals surface area contributed by atoms with E-state index >= 15 is 0 Å². The van der Waals surface area contributed by atoms with Crippen LogP contribution < -0.4 is 0 Å². The molecule has 0 spiro atoms. The van der Waals surface area contributed by atoms with Crippen molar-refractivity contribution in [2.45, 2.75) is 117 Å². The van der Waals surface area contributed by atoms with Crippen LogP contribution in [0.25, 0.3) is 0 Å². The number of ether oxygens (including phenoxy) is 1. The highest BCUT2D eigenvalue weighted by atomic mass is 16.6. The third-order valence-corrected chi connectivity index (χ3v) is 11.1. The van der Waals surface area contributed by atoms with Crippen LogP contribution >= 0.6 is 0 Å². The summed E-state index contributed by atoms with van der Waals surface area (Å²) in [7, 11) is 0. The van der Waals surface area contributed by atoms with Gasteiger partial charge in [-0.2, -0.15) is 0 Å². The van der Waals surface area contributed by atoms with Crippen LogP contribution in [0.3, 0.4) is 0 Å². The van der Waals surface area contributed by atoms with Crippen LogP contribution in [0.2, 0.25) is 0 Å². The maximum absolute atomic E-state index is 6.02. The first-order chi connectivity index (χ1) is 13.3. The van der Waals surface area contributed by atoms with Crippen molar-refractivity contribution in [3.8, 4) is 0 Å². The largest absolute Gasteiger partial charge is 0.370 e. The van der Waals surface area contributed by atoms with Crippen molar-refractivity contribution in [3.05, 3.63) is 0 Å². The molecule has 1 nitrogen and oxygen atoms in total. The number of fused-ring (bicyclic) bond motifs is 6. The SMILES string of the molecule is CC(C)CCC[C@@H](C)[C@H]1CC[C@H]2[C@@H]3CCC4C[C@@H]5O[C@@H]5C[C@]4(C)[C@H]3CC[C@]12C.